The van der Waals surface area contributed by atoms with Crippen molar-refractivity contribution < 1.29 is 35.6 Å². The van der Waals surface area contributed by atoms with Crippen molar-refractivity contribution in [2.75, 3.05) is 0 Å². The Bertz CT molecular complexity index is 8.00. The molecule has 0 aromatic rings. The van der Waals surface area contributed by atoms with Crippen LogP contribution in [0, 0.1) is 0 Å². The van der Waals surface area contributed by atoms with E-state index < -0.39 is 0 Å². The van der Waals surface area contributed by atoms with Crippen LogP contribution < -0.4 is 0 Å². The van der Waals surface area contributed by atoms with Gasteiger partial charge in [-0.25, -0.2) is 0 Å². The maximum Gasteiger partial charge on any atom is 0 e. The quantitative estimate of drug-likeness (QED) is 0.378. The number of rotatable bonds is 0. The molecule has 0 rings (SSSR count). The molecule has 0 atom stereocenters. The molecule has 0 heterocycles. The van der Waals surface area contributed by atoms with Crippen LogP contribution in [0.3, 0.4) is 0 Å². The molecule has 0 amide bonds. The van der Waals surface area contributed by atoms with Gasteiger partial charge in [0.05, 0.1) is 0 Å². The van der Waals surface area contributed by atoms with Gasteiger partial charge in [0.15, 0.2) is 0 Å². The van der Waals surface area contributed by atoms with Gasteiger partial charge in [0.1, 0.15) is 0 Å². The Morgan fingerprint density at radius 1 is 1.00 bits per heavy atom. The molecule has 0 aromatic heterocycles. The monoisotopic (exact) mass is 141 g/mol. The first-order chi connectivity index (χ1) is 0. The molecule has 0 aliphatic rings. The molecule has 0 bridgehead atoms. The Balaban J connectivity index is 0. The predicted molar refractivity (Wildman–Crippen MR) is 12.9 cm³/mol. The van der Waals surface area contributed by atoms with Crippen LogP contribution in [0.2, 0.25) is 0 Å². The summed E-state index contributed by atoms with van der Waals surface area (Å²) in [5.41, 5.74) is 0. The SMILES string of the molecule is [Al].[LiH].[Mn].[V]. The van der Waals surface area contributed by atoms with Crippen molar-refractivity contribution in [3.63, 3.8) is 0 Å². The summed E-state index contributed by atoms with van der Waals surface area (Å²) in [5.74, 6) is 0. The van der Waals surface area contributed by atoms with Gasteiger partial charge in [-0.15, -0.1) is 0 Å². The van der Waals surface area contributed by atoms with E-state index in [4.69, 9.17) is 0 Å². The molecule has 0 aromatic carbocycles. The Labute approximate surface area is 71.1 Å². The third kappa shape index (κ3) is 8.87. The van der Waals surface area contributed by atoms with Crippen molar-refractivity contribution in [2.24, 2.45) is 0 Å². The van der Waals surface area contributed by atoms with Gasteiger partial charge >= 0.3 is 18.9 Å². The maximum atomic E-state index is 0. The molecule has 0 saturated heterocycles. The molecule has 0 saturated carbocycles. The van der Waals surface area contributed by atoms with E-state index in [9.17, 15) is 0 Å². The molecular weight excluding hydrogens is 140 g/mol. The van der Waals surface area contributed by atoms with Crippen LogP contribution in [0.15, 0.2) is 0 Å². The fraction of sp³-hybridized carbons (Fsp3) is 0. The molecule has 17 valence electrons. The van der Waals surface area contributed by atoms with E-state index in [1.807, 2.05) is 0 Å². The molecule has 0 fully saturated rings. The van der Waals surface area contributed by atoms with Crippen molar-refractivity contribution >= 4 is 36.2 Å². The zero-order chi connectivity index (χ0) is 0. The minimum absolute atomic E-state index is 0. The smallest absolute Gasteiger partial charge is 0 e. The second-order valence-electron chi connectivity index (χ2n) is 0. The molecular formula is HAlLiMnV. The van der Waals surface area contributed by atoms with E-state index in [1.165, 1.54) is 0 Å². The van der Waals surface area contributed by atoms with Crippen LogP contribution in [0.1, 0.15) is 0 Å². The third-order valence-corrected chi connectivity index (χ3v) is 0. The topological polar surface area (TPSA) is 0 Å². The second kappa shape index (κ2) is 18.8. The zero-order valence-corrected chi connectivity index (χ0v) is 5.13. The van der Waals surface area contributed by atoms with Gasteiger partial charge in [-0.1, -0.05) is 0 Å². The van der Waals surface area contributed by atoms with Crippen LogP contribution >= 0.6 is 0 Å². The summed E-state index contributed by atoms with van der Waals surface area (Å²) in [4.78, 5) is 0. The van der Waals surface area contributed by atoms with Crippen molar-refractivity contribution in [3.8, 4) is 0 Å². The van der Waals surface area contributed by atoms with Gasteiger partial charge in [0.2, 0.25) is 0 Å². The molecule has 4 heavy (non-hydrogen) atoms. The minimum atomic E-state index is 0. The predicted octanol–water partition coefficient (Wildman–Crippen LogP) is -1.03. The fourth-order valence-electron chi connectivity index (χ4n) is 0. The van der Waals surface area contributed by atoms with Crippen molar-refractivity contribution in [3.05, 3.63) is 0 Å². The van der Waals surface area contributed by atoms with Gasteiger partial charge in [-0.3, -0.25) is 0 Å². The van der Waals surface area contributed by atoms with E-state index in [2.05, 4.69) is 0 Å². The second-order valence-corrected chi connectivity index (χ2v) is 0. The Morgan fingerprint density at radius 2 is 1.00 bits per heavy atom. The van der Waals surface area contributed by atoms with E-state index in [-0.39, 0.29) is 71.8 Å². The zero-order valence-electron chi connectivity index (χ0n) is 1.40. The average molecular weight is 141 g/mol. The summed E-state index contributed by atoms with van der Waals surface area (Å²) >= 11 is 0. The van der Waals surface area contributed by atoms with Crippen molar-refractivity contribution in [1.29, 1.82) is 0 Å². The Kier molecular flexibility index (Phi) is 161. The molecule has 0 aliphatic heterocycles. The first kappa shape index (κ1) is 34.2. The summed E-state index contributed by atoms with van der Waals surface area (Å²) in [6, 6.07) is 0. The van der Waals surface area contributed by atoms with Gasteiger partial charge in [0.25, 0.3) is 0 Å². The minimum Gasteiger partial charge on any atom is 0 e. The van der Waals surface area contributed by atoms with Gasteiger partial charge in [-0.05, 0) is 0 Å². The number of hydrogen-bond donors (Lipinski definition) is 0. The fourth-order valence-corrected chi connectivity index (χ4v) is 0. The standard InChI is InChI=1S/Al.Li.Mn.V.H. The molecule has 0 spiro atoms. The summed E-state index contributed by atoms with van der Waals surface area (Å²) in [6.45, 7) is 0. The largest absolute Gasteiger partial charge is 0 e. The Hall–Kier alpha value is 2.23. The van der Waals surface area contributed by atoms with Crippen molar-refractivity contribution in [2.45, 2.75) is 0 Å². The number of hydrogen-bond acceptors (Lipinski definition) is 0. The van der Waals surface area contributed by atoms with Crippen LogP contribution in [0.4, 0.5) is 0 Å². The summed E-state index contributed by atoms with van der Waals surface area (Å²) < 4.78 is 0. The molecule has 0 nitrogen and oxygen atoms in total. The van der Waals surface area contributed by atoms with E-state index in [0.29, 0.717) is 0 Å². The molecule has 0 N–H and O–H groups in total. The van der Waals surface area contributed by atoms with Gasteiger partial charge < -0.3 is 0 Å². The molecule has 0 unspecified atom stereocenters. The van der Waals surface area contributed by atoms with E-state index in [0.717, 1.165) is 0 Å². The van der Waals surface area contributed by atoms with E-state index in [1.54, 1.807) is 0 Å². The normalized spacial score (nSPS) is 0. The first-order valence-electron chi connectivity index (χ1n) is 0. The van der Waals surface area contributed by atoms with Crippen LogP contribution in [0.25, 0.3) is 0 Å². The average Bonchev–Trinajstić information content (AvgIpc) is 0. The van der Waals surface area contributed by atoms with E-state index >= 15 is 0 Å². The van der Waals surface area contributed by atoms with Crippen LogP contribution in [-0.4, -0.2) is 36.2 Å². The third-order valence-electron chi connectivity index (χ3n) is 0. The van der Waals surface area contributed by atoms with Gasteiger partial charge in [0, 0.05) is 53.0 Å². The van der Waals surface area contributed by atoms with Gasteiger partial charge in [-0.2, -0.15) is 0 Å². The first-order valence-corrected chi connectivity index (χ1v) is 0. The Morgan fingerprint density at radius 3 is 1.00 bits per heavy atom. The van der Waals surface area contributed by atoms with Crippen LogP contribution in [-0.2, 0) is 35.6 Å². The summed E-state index contributed by atoms with van der Waals surface area (Å²) in [5, 5.41) is 0. The summed E-state index contributed by atoms with van der Waals surface area (Å²) in [7, 11) is 0. The van der Waals surface area contributed by atoms with Crippen molar-refractivity contribution in [1.82, 2.24) is 0 Å². The van der Waals surface area contributed by atoms with Crippen LogP contribution in [0.5, 0.6) is 0 Å². The molecule has 5 radical (unpaired) electrons. The molecule has 4 heteroatoms. The molecule has 0 aliphatic carbocycles. The summed E-state index contributed by atoms with van der Waals surface area (Å²) in [6.07, 6.45) is 0. The maximum absolute atomic E-state index is 0.